The summed E-state index contributed by atoms with van der Waals surface area (Å²) >= 11 is 0. The molecule has 2 rings (SSSR count). The van der Waals surface area contributed by atoms with Crippen LogP contribution in [-0.2, 0) is 11.3 Å². The third-order valence-corrected chi connectivity index (χ3v) is 2.82. The van der Waals surface area contributed by atoms with Gasteiger partial charge in [-0.15, -0.1) is 0 Å². The summed E-state index contributed by atoms with van der Waals surface area (Å²) in [6.45, 7) is 1.51. The van der Waals surface area contributed by atoms with Crippen LogP contribution in [0.4, 0.5) is 17.1 Å². The van der Waals surface area contributed by atoms with Crippen LogP contribution in [0.15, 0.2) is 41.0 Å². The maximum absolute atomic E-state index is 10.9. The highest BCUT2D eigenvalue weighted by molar-refractivity contribution is 5.67. The van der Waals surface area contributed by atoms with Gasteiger partial charge in [-0.05, 0) is 30.7 Å². The van der Waals surface area contributed by atoms with Crippen molar-refractivity contribution in [2.24, 2.45) is 0 Å². The number of nitro benzene ring substituents is 1. The van der Waals surface area contributed by atoms with Gasteiger partial charge in [-0.2, -0.15) is 0 Å². The van der Waals surface area contributed by atoms with E-state index in [1.807, 2.05) is 6.07 Å². The van der Waals surface area contributed by atoms with Crippen LogP contribution in [0, 0.1) is 10.1 Å². The highest BCUT2D eigenvalue weighted by atomic mass is 16.6. The van der Waals surface area contributed by atoms with E-state index in [0.717, 1.165) is 5.76 Å². The first-order chi connectivity index (χ1) is 10.2. The number of ether oxygens (including phenoxy) is 1. The average Bonchev–Trinajstić information content (AvgIpc) is 2.95. The van der Waals surface area contributed by atoms with E-state index in [-0.39, 0.29) is 5.69 Å². The first kappa shape index (κ1) is 14.9. The van der Waals surface area contributed by atoms with E-state index < -0.39 is 4.92 Å². The van der Waals surface area contributed by atoms with Crippen molar-refractivity contribution in [1.82, 2.24) is 0 Å². The number of nitrogens with two attached hydrogens (primary N) is 1. The van der Waals surface area contributed by atoms with Crippen molar-refractivity contribution in [3.8, 4) is 0 Å². The van der Waals surface area contributed by atoms with Gasteiger partial charge >= 0.3 is 0 Å². The summed E-state index contributed by atoms with van der Waals surface area (Å²) in [6.07, 6.45) is 2.31. The average molecular weight is 291 g/mol. The minimum absolute atomic E-state index is 0.0145. The molecule has 0 bridgehead atoms. The molecule has 0 fully saturated rings. The molecule has 21 heavy (non-hydrogen) atoms. The molecule has 3 N–H and O–H groups in total. The number of hydrogen-bond acceptors (Lipinski definition) is 6. The molecule has 2 aromatic rings. The molecule has 112 valence electrons. The van der Waals surface area contributed by atoms with Gasteiger partial charge in [0.05, 0.1) is 11.2 Å². The van der Waals surface area contributed by atoms with Crippen LogP contribution in [0.2, 0.25) is 0 Å². The molecule has 0 aliphatic carbocycles. The van der Waals surface area contributed by atoms with E-state index in [0.29, 0.717) is 37.6 Å². The van der Waals surface area contributed by atoms with Gasteiger partial charge in [0.15, 0.2) is 0 Å². The Kier molecular flexibility index (Phi) is 5.16. The number of nitrogen functional groups attached to an aromatic ring is 1. The fourth-order valence-corrected chi connectivity index (χ4v) is 1.82. The number of rotatable bonds is 8. The van der Waals surface area contributed by atoms with Crippen molar-refractivity contribution in [3.63, 3.8) is 0 Å². The summed E-state index contributed by atoms with van der Waals surface area (Å²) < 4.78 is 10.6. The normalized spacial score (nSPS) is 10.5. The van der Waals surface area contributed by atoms with Crippen molar-refractivity contribution in [3.05, 3.63) is 52.5 Å². The Labute approximate surface area is 121 Å². The molecule has 0 atom stereocenters. The first-order valence-corrected chi connectivity index (χ1v) is 6.55. The highest BCUT2D eigenvalue weighted by Crippen LogP contribution is 2.26. The van der Waals surface area contributed by atoms with Crippen molar-refractivity contribution in [1.29, 1.82) is 0 Å². The Bertz CT molecular complexity index is 584. The molecule has 0 saturated carbocycles. The maximum Gasteiger partial charge on any atom is 0.292 e. The largest absolute Gasteiger partial charge is 0.467 e. The lowest BCUT2D eigenvalue weighted by molar-refractivity contribution is -0.383. The number of benzene rings is 1. The van der Waals surface area contributed by atoms with Gasteiger partial charge in [0.2, 0.25) is 0 Å². The number of anilines is 2. The standard InChI is InChI=1S/C14H17N3O4/c15-11-4-5-14(17(18)19)13(9-11)16-6-2-7-20-10-12-3-1-8-21-12/h1,3-5,8-9,16H,2,6-7,10,15H2. The van der Waals surface area contributed by atoms with Crippen LogP contribution >= 0.6 is 0 Å². The second kappa shape index (κ2) is 7.30. The lowest BCUT2D eigenvalue weighted by Crippen LogP contribution is -2.07. The fraction of sp³-hybridized carbons (Fsp3) is 0.286. The minimum atomic E-state index is -0.435. The minimum Gasteiger partial charge on any atom is -0.467 e. The first-order valence-electron chi connectivity index (χ1n) is 6.55. The van der Waals surface area contributed by atoms with Crippen molar-refractivity contribution in [2.75, 3.05) is 24.2 Å². The summed E-state index contributed by atoms with van der Waals surface area (Å²) in [5.41, 5.74) is 6.56. The second-order valence-electron chi connectivity index (χ2n) is 4.45. The molecule has 1 aromatic heterocycles. The summed E-state index contributed by atoms with van der Waals surface area (Å²) in [5, 5.41) is 13.9. The quantitative estimate of drug-likeness (QED) is 0.335. The molecular formula is C14H17N3O4. The SMILES string of the molecule is Nc1ccc([N+](=O)[O-])c(NCCCOCc2ccco2)c1. The number of nitro groups is 1. The van der Waals surface area contributed by atoms with Crippen molar-refractivity contribution >= 4 is 17.1 Å². The third-order valence-electron chi connectivity index (χ3n) is 2.82. The smallest absolute Gasteiger partial charge is 0.292 e. The van der Waals surface area contributed by atoms with Crippen molar-refractivity contribution < 1.29 is 14.1 Å². The van der Waals surface area contributed by atoms with Crippen LogP contribution in [0.3, 0.4) is 0 Å². The molecule has 0 amide bonds. The van der Waals surface area contributed by atoms with Crippen LogP contribution in [0.25, 0.3) is 0 Å². The molecule has 0 spiro atoms. The van der Waals surface area contributed by atoms with E-state index in [2.05, 4.69) is 5.32 Å². The van der Waals surface area contributed by atoms with Gasteiger partial charge in [-0.3, -0.25) is 10.1 Å². The number of nitrogens with zero attached hydrogens (tertiary/aromatic N) is 1. The molecule has 0 aliphatic rings. The zero-order valence-electron chi connectivity index (χ0n) is 11.5. The molecule has 1 heterocycles. The van der Waals surface area contributed by atoms with E-state index in [1.54, 1.807) is 18.4 Å². The summed E-state index contributed by atoms with van der Waals surface area (Å²) in [5.74, 6) is 0.773. The monoisotopic (exact) mass is 291 g/mol. The zero-order chi connectivity index (χ0) is 15.1. The van der Waals surface area contributed by atoms with Crippen LogP contribution in [0.5, 0.6) is 0 Å². The van der Waals surface area contributed by atoms with E-state index in [9.17, 15) is 10.1 Å². The Balaban J connectivity index is 1.73. The lowest BCUT2D eigenvalue weighted by Gasteiger charge is -2.08. The third kappa shape index (κ3) is 4.50. The highest BCUT2D eigenvalue weighted by Gasteiger charge is 2.12. The molecule has 0 radical (unpaired) electrons. The van der Waals surface area contributed by atoms with Gasteiger partial charge in [0.1, 0.15) is 18.1 Å². The molecule has 7 heteroatoms. The topological polar surface area (TPSA) is 104 Å². The van der Waals surface area contributed by atoms with E-state index in [1.165, 1.54) is 12.1 Å². The Morgan fingerprint density at radius 1 is 1.38 bits per heavy atom. The molecule has 0 saturated heterocycles. The van der Waals surface area contributed by atoms with Crippen LogP contribution in [-0.4, -0.2) is 18.1 Å². The maximum atomic E-state index is 10.9. The summed E-state index contributed by atoms with van der Waals surface area (Å²) in [4.78, 5) is 10.5. The zero-order valence-corrected chi connectivity index (χ0v) is 11.5. The van der Waals surface area contributed by atoms with Gasteiger partial charge in [-0.1, -0.05) is 0 Å². The van der Waals surface area contributed by atoms with Gasteiger partial charge < -0.3 is 20.2 Å². The van der Waals surface area contributed by atoms with Gasteiger partial charge in [0, 0.05) is 24.9 Å². The predicted molar refractivity (Wildman–Crippen MR) is 79.0 cm³/mol. The van der Waals surface area contributed by atoms with E-state index >= 15 is 0 Å². The Morgan fingerprint density at radius 3 is 2.95 bits per heavy atom. The Morgan fingerprint density at radius 2 is 2.24 bits per heavy atom. The van der Waals surface area contributed by atoms with Crippen LogP contribution in [0.1, 0.15) is 12.2 Å². The molecule has 0 aliphatic heterocycles. The predicted octanol–water partition coefficient (Wildman–Crippen LogP) is 2.79. The Hall–Kier alpha value is -2.54. The lowest BCUT2D eigenvalue weighted by atomic mass is 10.2. The number of furan rings is 1. The van der Waals surface area contributed by atoms with Crippen molar-refractivity contribution in [2.45, 2.75) is 13.0 Å². The van der Waals surface area contributed by atoms with E-state index in [4.69, 9.17) is 14.9 Å². The molecule has 1 aromatic carbocycles. The summed E-state index contributed by atoms with van der Waals surface area (Å²) in [6, 6.07) is 8.11. The fourth-order valence-electron chi connectivity index (χ4n) is 1.82. The van der Waals surface area contributed by atoms with Gasteiger partial charge in [0.25, 0.3) is 5.69 Å². The second-order valence-corrected chi connectivity index (χ2v) is 4.45. The molecule has 7 nitrogen and oxygen atoms in total. The molecular weight excluding hydrogens is 274 g/mol. The number of nitrogens with one attached hydrogen (secondary N) is 1. The van der Waals surface area contributed by atoms with Gasteiger partial charge in [-0.25, -0.2) is 0 Å². The number of hydrogen-bond donors (Lipinski definition) is 2. The summed E-state index contributed by atoms with van der Waals surface area (Å²) in [7, 11) is 0. The molecule has 0 unspecified atom stereocenters. The van der Waals surface area contributed by atoms with Crippen LogP contribution < -0.4 is 11.1 Å².